The number of Topliss-reactive ketones (excluding diaryl/α,β-unsaturated/α-hetero) is 1. The van der Waals surface area contributed by atoms with E-state index in [4.69, 9.17) is 4.74 Å². The molecule has 0 saturated heterocycles. The second kappa shape index (κ2) is 7.08. The van der Waals surface area contributed by atoms with Gasteiger partial charge in [-0.3, -0.25) is 19.8 Å². The number of hydrogen-bond donors (Lipinski definition) is 2. The molecule has 5 rings (SSSR count). The molecular weight excluding hydrogens is 427 g/mol. The standard InChI is InChI=1S/C25H31FN2O5/c1-4-21(32)33-13-20(31)25-15(12-27-28-25)10-18-17-6-5-14-9-16(29)7-8-22(14,2)24(17,26)19(30)11-23(18,25)3/h7-9,12,15,17-19,28,30H,4-6,10-11,13H2,1-3H3/t15-,17-,18-,19-,22-,23-,24-,25-/m0/s1. The molecule has 0 aromatic rings. The van der Waals surface area contributed by atoms with Crippen molar-refractivity contribution in [2.75, 3.05) is 6.61 Å². The van der Waals surface area contributed by atoms with E-state index in [9.17, 15) is 19.5 Å². The molecule has 4 aliphatic carbocycles. The van der Waals surface area contributed by atoms with Gasteiger partial charge in [-0.1, -0.05) is 25.5 Å². The number of nitrogens with one attached hydrogen (secondary N) is 1. The predicted molar refractivity (Wildman–Crippen MR) is 118 cm³/mol. The second-order valence-corrected chi connectivity index (χ2v) is 10.7. The largest absolute Gasteiger partial charge is 0.458 e. The van der Waals surface area contributed by atoms with Gasteiger partial charge < -0.3 is 9.84 Å². The Hall–Kier alpha value is -2.35. The van der Waals surface area contributed by atoms with Crippen LogP contribution in [0.3, 0.4) is 0 Å². The van der Waals surface area contributed by atoms with E-state index in [1.165, 1.54) is 12.2 Å². The summed E-state index contributed by atoms with van der Waals surface area (Å²) in [5.41, 5.74) is -1.19. The summed E-state index contributed by atoms with van der Waals surface area (Å²) in [5, 5.41) is 15.6. The Bertz CT molecular complexity index is 1020. The molecule has 178 valence electrons. The highest BCUT2D eigenvalue weighted by atomic mass is 19.1. The summed E-state index contributed by atoms with van der Waals surface area (Å²) in [6.07, 6.45) is 6.78. The van der Waals surface area contributed by atoms with Crippen molar-refractivity contribution in [2.45, 2.75) is 70.2 Å². The molecule has 8 atom stereocenters. The van der Waals surface area contributed by atoms with Crippen molar-refractivity contribution in [3.05, 3.63) is 23.8 Å². The Kier molecular flexibility index (Phi) is 4.81. The number of ketones is 2. The Morgan fingerprint density at radius 3 is 2.82 bits per heavy atom. The summed E-state index contributed by atoms with van der Waals surface area (Å²) in [7, 11) is 0. The first-order valence-electron chi connectivity index (χ1n) is 11.8. The van der Waals surface area contributed by atoms with E-state index in [1.807, 2.05) is 6.92 Å². The van der Waals surface area contributed by atoms with Gasteiger partial charge in [0.25, 0.3) is 0 Å². The van der Waals surface area contributed by atoms with Gasteiger partial charge in [0.05, 0.1) is 6.10 Å². The Morgan fingerprint density at radius 2 is 2.09 bits per heavy atom. The van der Waals surface area contributed by atoms with Gasteiger partial charge in [-0.05, 0) is 50.7 Å². The van der Waals surface area contributed by atoms with Crippen molar-refractivity contribution < 1.29 is 28.6 Å². The van der Waals surface area contributed by atoms with E-state index in [0.29, 0.717) is 19.3 Å². The van der Waals surface area contributed by atoms with Crippen molar-refractivity contribution in [1.29, 1.82) is 0 Å². The van der Waals surface area contributed by atoms with Crippen LogP contribution in [0.25, 0.3) is 0 Å². The minimum absolute atomic E-state index is 0.0651. The van der Waals surface area contributed by atoms with E-state index in [1.54, 1.807) is 26.1 Å². The number of nitrogens with zero attached hydrogens (tertiary/aromatic N) is 1. The Labute approximate surface area is 192 Å². The minimum atomic E-state index is -1.95. The number of aliphatic hydroxyl groups is 1. The molecule has 0 aromatic carbocycles. The van der Waals surface area contributed by atoms with Gasteiger partial charge in [0, 0.05) is 35.3 Å². The molecule has 1 heterocycles. The molecule has 0 spiro atoms. The van der Waals surface area contributed by atoms with Crippen molar-refractivity contribution in [1.82, 2.24) is 5.43 Å². The van der Waals surface area contributed by atoms with Crippen LogP contribution < -0.4 is 5.43 Å². The summed E-state index contributed by atoms with van der Waals surface area (Å²) < 4.78 is 22.4. The number of halogens is 1. The molecule has 3 saturated carbocycles. The van der Waals surface area contributed by atoms with Gasteiger partial charge in [0.15, 0.2) is 23.8 Å². The lowest BCUT2D eigenvalue weighted by Crippen LogP contribution is -2.71. The van der Waals surface area contributed by atoms with E-state index < -0.39 is 40.0 Å². The minimum Gasteiger partial charge on any atom is -0.458 e. The first-order chi connectivity index (χ1) is 15.5. The maximum Gasteiger partial charge on any atom is 0.305 e. The van der Waals surface area contributed by atoms with Gasteiger partial charge >= 0.3 is 5.97 Å². The number of fused-ring (bicyclic) bond motifs is 7. The average Bonchev–Trinajstić information content (AvgIpc) is 3.31. The maximum absolute atomic E-state index is 17.2. The molecule has 0 bridgehead atoms. The zero-order chi connectivity index (χ0) is 23.8. The van der Waals surface area contributed by atoms with Gasteiger partial charge in [-0.2, -0.15) is 5.10 Å². The topological polar surface area (TPSA) is 105 Å². The lowest BCUT2D eigenvalue weighted by Gasteiger charge is -2.62. The number of hydrogen-bond acceptors (Lipinski definition) is 7. The van der Waals surface area contributed by atoms with Gasteiger partial charge in [-0.25, -0.2) is 4.39 Å². The normalized spacial score (nSPS) is 47.1. The summed E-state index contributed by atoms with van der Waals surface area (Å²) in [4.78, 5) is 37.2. The number of carbonyl (C=O) groups is 3. The third-order valence-electron chi connectivity index (χ3n) is 9.58. The highest BCUT2D eigenvalue weighted by Gasteiger charge is 2.77. The van der Waals surface area contributed by atoms with Crippen LogP contribution in [0, 0.1) is 28.6 Å². The first-order valence-corrected chi connectivity index (χ1v) is 11.8. The van der Waals surface area contributed by atoms with Crippen LogP contribution in [0.5, 0.6) is 0 Å². The number of allylic oxidation sites excluding steroid dienone is 4. The fraction of sp³-hybridized carbons (Fsp3) is 0.680. The van der Waals surface area contributed by atoms with Gasteiger partial charge in [0.1, 0.15) is 5.54 Å². The van der Waals surface area contributed by atoms with Crippen LogP contribution in [-0.2, 0) is 19.1 Å². The summed E-state index contributed by atoms with van der Waals surface area (Å²) in [6.45, 7) is 5.00. The summed E-state index contributed by atoms with van der Waals surface area (Å²) in [6, 6.07) is 0. The van der Waals surface area contributed by atoms with E-state index in [-0.39, 0.29) is 42.9 Å². The van der Waals surface area contributed by atoms with E-state index in [0.717, 1.165) is 5.57 Å². The number of aliphatic hydroxyl groups excluding tert-OH is 1. The summed E-state index contributed by atoms with van der Waals surface area (Å²) >= 11 is 0. The molecule has 3 fully saturated rings. The monoisotopic (exact) mass is 458 g/mol. The maximum atomic E-state index is 17.2. The van der Waals surface area contributed by atoms with Crippen LogP contribution in [0.2, 0.25) is 0 Å². The third kappa shape index (κ3) is 2.58. The van der Waals surface area contributed by atoms with Crippen molar-refractivity contribution in [3.63, 3.8) is 0 Å². The lowest BCUT2D eigenvalue weighted by molar-refractivity contribution is -0.200. The molecule has 2 N–H and O–H groups in total. The molecular formula is C25H31FN2O5. The molecule has 0 aromatic heterocycles. The van der Waals surface area contributed by atoms with E-state index >= 15 is 4.39 Å². The van der Waals surface area contributed by atoms with Gasteiger partial charge in [0.2, 0.25) is 0 Å². The quantitative estimate of drug-likeness (QED) is 0.627. The first kappa shape index (κ1) is 22.4. The van der Waals surface area contributed by atoms with Crippen molar-refractivity contribution >= 4 is 23.8 Å². The van der Waals surface area contributed by atoms with Crippen molar-refractivity contribution in [2.24, 2.45) is 33.7 Å². The Morgan fingerprint density at radius 1 is 1.33 bits per heavy atom. The third-order valence-corrected chi connectivity index (χ3v) is 9.58. The van der Waals surface area contributed by atoms with Gasteiger partial charge in [-0.15, -0.1) is 0 Å². The molecule has 0 unspecified atom stereocenters. The fourth-order valence-corrected chi connectivity index (χ4v) is 7.88. The highest BCUT2D eigenvalue weighted by molar-refractivity contribution is 6.01. The zero-order valence-corrected chi connectivity index (χ0v) is 19.3. The SMILES string of the molecule is CCC(=O)OCC(=O)[C@@]12NN=C[C@@H]1C[C@H]1[C@@H]3CCC4=CC(=O)C=C[C@]4(C)[C@@]3(F)[C@@H](O)C[C@@]12C. The van der Waals surface area contributed by atoms with Crippen molar-refractivity contribution in [3.8, 4) is 0 Å². The molecule has 7 nitrogen and oxygen atoms in total. The number of rotatable bonds is 4. The molecule has 1 aliphatic heterocycles. The lowest BCUT2D eigenvalue weighted by atomic mass is 9.44. The zero-order valence-electron chi connectivity index (χ0n) is 19.3. The molecule has 8 heteroatoms. The average molecular weight is 459 g/mol. The molecule has 0 radical (unpaired) electrons. The molecule has 33 heavy (non-hydrogen) atoms. The van der Waals surface area contributed by atoms with E-state index in [2.05, 4.69) is 10.5 Å². The highest BCUT2D eigenvalue weighted by Crippen LogP contribution is 2.71. The fourth-order valence-electron chi connectivity index (χ4n) is 7.88. The second-order valence-electron chi connectivity index (χ2n) is 10.7. The Balaban J connectivity index is 1.55. The number of hydrazone groups is 1. The number of esters is 1. The van der Waals surface area contributed by atoms with Crippen LogP contribution in [0.1, 0.15) is 52.9 Å². The number of ether oxygens (including phenoxy) is 1. The van der Waals surface area contributed by atoms with Crippen LogP contribution in [0.4, 0.5) is 4.39 Å². The van der Waals surface area contributed by atoms with Crippen LogP contribution in [-0.4, -0.2) is 52.8 Å². The summed E-state index contributed by atoms with van der Waals surface area (Å²) in [5.74, 6) is -1.86. The van der Waals surface area contributed by atoms with Crippen LogP contribution >= 0.6 is 0 Å². The molecule has 0 amide bonds. The predicted octanol–water partition coefficient (Wildman–Crippen LogP) is 2.43. The number of alkyl halides is 1. The molecule has 5 aliphatic rings. The smallest absolute Gasteiger partial charge is 0.305 e. The number of carbonyl (C=O) groups excluding carboxylic acids is 3. The van der Waals surface area contributed by atoms with Crippen LogP contribution in [0.15, 0.2) is 28.9 Å².